The van der Waals surface area contributed by atoms with Crippen LogP contribution in [0.4, 0.5) is 0 Å². The van der Waals surface area contributed by atoms with Crippen LogP contribution in [0.1, 0.15) is 25.7 Å². The molecule has 84 valence electrons. The third-order valence-corrected chi connectivity index (χ3v) is 3.71. The number of hydrogen-bond donors (Lipinski definition) is 3. The predicted octanol–water partition coefficient (Wildman–Crippen LogP) is -0.482. The van der Waals surface area contributed by atoms with Crippen molar-refractivity contribution in [2.45, 2.75) is 37.3 Å². The van der Waals surface area contributed by atoms with Crippen molar-refractivity contribution in [1.82, 2.24) is 0 Å². The van der Waals surface area contributed by atoms with Crippen LogP contribution in [-0.4, -0.2) is 33.6 Å². The van der Waals surface area contributed by atoms with Gasteiger partial charge in [0.05, 0.1) is 12.0 Å². The summed E-state index contributed by atoms with van der Waals surface area (Å²) >= 11 is 0. The summed E-state index contributed by atoms with van der Waals surface area (Å²) in [5.41, 5.74) is 4.53. The zero-order valence-electron chi connectivity index (χ0n) is 8.35. The van der Waals surface area contributed by atoms with Crippen LogP contribution in [0.3, 0.4) is 0 Å². The summed E-state index contributed by atoms with van der Waals surface area (Å²) in [5, 5.41) is 18.8. The first-order chi connectivity index (χ1) is 6.92. The van der Waals surface area contributed by atoms with E-state index in [4.69, 9.17) is 10.8 Å². The smallest absolute Gasteiger partial charge is 0.306 e. The Morgan fingerprint density at radius 1 is 1.53 bits per heavy atom. The molecule has 4 N–H and O–H groups in total. The highest BCUT2D eigenvalue weighted by molar-refractivity contribution is 5.81. The first-order valence-electron chi connectivity index (χ1n) is 5.14. The second kappa shape index (κ2) is 3.28. The largest absolute Gasteiger partial charge is 0.481 e. The highest BCUT2D eigenvalue weighted by atomic mass is 16.4. The lowest BCUT2D eigenvalue weighted by Gasteiger charge is -2.27. The van der Waals surface area contributed by atoms with Gasteiger partial charge in [0.25, 0.3) is 0 Å². The highest BCUT2D eigenvalue weighted by Crippen LogP contribution is 2.47. The molecule has 4 atom stereocenters. The van der Waals surface area contributed by atoms with Crippen molar-refractivity contribution in [3.8, 4) is 0 Å². The van der Waals surface area contributed by atoms with Crippen molar-refractivity contribution < 1.29 is 19.8 Å². The lowest BCUT2D eigenvalue weighted by Crippen LogP contribution is -2.48. The van der Waals surface area contributed by atoms with Crippen LogP contribution in [0.25, 0.3) is 0 Å². The summed E-state index contributed by atoms with van der Waals surface area (Å²) < 4.78 is 0. The van der Waals surface area contributed by atoms with Crippen molar-refractivity contribution in [1.29, 1.82) is 0 Å². The number of carbonyl (C=O) groups excluding carboxylic acids is 1. The maximum Gasteiger partial charge on any atom is 0.306 e. The summed E-state index contributed by atoms with van der Waals surface area (Å²) in [4.78, 5) is 21.8. The molecule has 2 aliphatic carbocycles. The third kappa shape index (κ3) is 1.66. The van der Waals surface area contributed by atoms with E-state index >= 15 is 0 Å². The number of aliphatic hydroxyl groups is 1. The molecular formula is C10H15NO4. The molecule has 0 saturated heterocycles. The van der Waals surface area contributed by atoms with E-state index < -0.39 is 17.6 Å². The van der Waals surface area contributed by atoms with Crippen molar-refractivity contribution >= 4 is 11.8 Å². The number of carboxylic acid groups (broad SMARTS) is 1. The quantitative estimate of drug-likeness (QED) is 0.575. The molecule has 0 aromatic carbocycles. The average Bonchev–Trinajstić information content (AvgIpc) is 2.51. The molecule has 4 unspecified atom stereocenters. The fourth-order valence-electron chi connectivity index (χ4n) is 3.04. The van der Waals surface area contributed by atoms with Gasteiger partial charge in [0, 0.05) is 18.9 Å². The zero-order valence-corrected chi connectivity index (χ0v) is 8.35. The number of carbonyl (C=O) groups is 2. The number of rotatable bonds is 2. The molecule has 5 nitrogen and oxygen atoms in total. The van der Waals surface area contributed by atoms with E-state index in [0.717, 1.165) is 0 Å². The van der Waals surface area contributed by atoms with Crippen molar-refractivity contribution in [3.63, 3.8) is 0 Å². The van der Waals surface area contributed by atoms with E-state index in [-0.39, 0.29) is 24.0 Å². The Morgan fingerprint density at radius 3 is 2.73 bits per heavy atom. The van der Waals surface area contributed by atoms with Gasteiger partial charge < -0.3 is 15.9 Å². The number of Topliss-reactive ketones (excluding diaryl/α,β-unsaturated/α-hetero) is 1. The molecule has 0 aliphatic heterocycles. The van der Waals surface area contributed by atoms with Gasteiger partial charge in [-0.3, -0.25) is 9.59 Å². The molecule has 2 aliphatic rings. The molecule has 2 rings (SSSR count). The second-order valence-electron chi connectivity index (χ2n) is 4.77. The number of nitrogens with two attached hydrogens (primary N) is 1. The zero-order chi connectivity index (χ0) is 11.2. The van der Waals surface area contributed by atoms with Crippen LogP contribution >= 0.6 is 0 Å². The number of hydrogen-bond acceptors (Lipinski definition) is 4. The van der Waals surface area contributed by atoms with Gasteiger partial charge in [-0.1, -0.05) is 0 Å². The number of carboxylic acids is 1. The molecule has 0 radical (unpaired) electrons. The van der Waals surface area contributed by atoms with Gasteiger partial charge in [-0.05, 0) is 18.3 Å². The van der Waals surface area contributed by atoms with Gasteiger partial charge >= 0.3 is 5.97 Å². The van der Waals surface area contributed by atoms with Gasteiger partial charge in [-0.2, -0.15) is 0 Å². The highest BCUT2D eigenvalue weighted by Gasteiger charge is 2.54. The van der Waals surface area contributed by atoms with E-state index in [9.17, 15) is 14.7 Å². The fourth-order valence-corrected chi connectivity index (χ4v) is 3.04. The van der Waals surface area contributed by atoms with Crippen LogP contribution in [0, 0.1) is 11.8 Å². The Kier molecular flexibility index (Phi) is 2.31. The lowest BCUT2D eigenvalue weighted by atomic mass is 9.90. The van der Waals surface area contributed by atoms with E-state index in [1.807, 2.05) is 0 Å². The standard InChI is InChI=1S/C10H15NO4/c11-9-7-2-6(12)1-5(7)3-10(9,15)4-8(13)14/h5,7,9,15H,1-4,11H2,(H,13,14). The van der Waals surface area contributed by atoms with E-state index in [1.165, 1.54) is 0 Å². The summed E-state index contributed by atoms with van der Waals surface area (Å²) in [6.07, 6.45) is 0.861. The first kappa shape index (κ1) is 10.6. The van der Waals surface area contributed by atoms with E-state index in [0.29, 0.717) is 19.3 Å². The average molecular weight is 213 g/mol. The minimum absolute atomic E-state index is 0.0261. The summed E-state index contributed by atoms with van der Waals surface area (Å²) in [6.45, 7) is 0. The predicted molar refractivity (Wildman–Crippen MR) is 51.0 cm³/mol. The Bertz CT molecular complexity index is 317. The molecule has 0 aromatic rings. The first-order valence-corrected chi connectivity index (χ1v) is 5.14. The Hall–Kier alpha value is -0.940. The molecule has 0 amide bonds. The molecule has 5 heteroatoms. The normalized spacial score (nSPS) is 44.4. The van der Waals surface area contributed by atoms with Gasteiger partial charge in [0.15, 0.2) is 0 Å². The molecule has 15 heavy (non-hydrogen) atoms. The van der Waals surface area contributed by atoms with E-state index in [1.54, 1.807) is 0 Å². The number of fused-ring (bicyclic) bond motifs is 1. The van der Waals surface area contributed by atoms with Gasteiger partial charge in [0.1, 0.15) is 5.78 Å². The Balaban J connectivity index is 2.14. The second-order valence-corrected chi connectivity index (χ2v) is 4.77. The van der Waals surface area contributed by atoms with E-state index in [2.05, 4.69) is 0 Å². The monoisotopic (exact) mass is 213 g/mol. The van der Waals surface area contributed by atoms with Gasteiger partial charge in [-0.15, -0.1) is 0 Å². The Labute approximate surface area is 87.3 Å². The minimum Gasteiger partial charge on any atom is -0.481 e. The van der Waals surface area contributed by atoms with Crippen LogP contribution in [0.5, 0.6) is 0 Å². The maximum absolute atomic E-state index is 11.2. The lowest BCUT2D eigenvalue weighted by molar-refractivity contribution is -0.143. The van der Waals surface area contributed by atoms with Crippen LogP contribution < -0.4 is 5.73 Å². The SMILES string of the molecule is NC1C2CC(=O)CC2CC1(O)CC(=O)O. The van der Waals surface area contributed by atoms with Crippen molar-refractivity contribution in [2.24, 2.45) is 17.6 Å². The number of ketones is 1. The maximum atomic E-state index is 11.2. The minimum atomic E-state index is -1.32. The van der Waals surface area contributed by atoms with Crippen LogP contribution in [-0.2, 0) is 9.59 Å². The molecule has 0 spiro atoms. The van der Waals surface area contributed by atoms with Crippen LogP contribution in [0.2, 0.25) is 0 Å². The summed E-state index contributed by atoms with van der Waals surface area (Å²) in [7, 11) is 0. The molecule has 2 saturated carbocycles. The molecular weight excluding hydrogens is 198 g/mol. The fraction of sp³-hybridized carbons (Fsp3) is 0.800. The van der Waals surface area contributed by atoms with Gasteiger partial charge in [0.2, 0.25) is 0 Å². The molecule has 2 fully saturated rings. The molecule has 0 aromatic heterocycles. The van der Waals surface area contributed by atoms with Crippen molar-refractivity contribution in [2.75, 3.05) is 0 Å². The number of aliphatic carboxylic acids is 1. The molecule has 0 heterocycles. The third-order valence-electron chi connectivity index (χ3n) is 3.71. The summed E-state index contributed by atoms with van der Waals surface area (Å²) in [5.74, 6) is -0.809. The Morgan fingerprint density at radius 2 is 2.20 bits per heavy atom. The van der Waals surface area contributed by atoms with Crippen LogP contribution in [0.15, 0.2) is 0 Å². The summed E-state index contributed by atoms with van der Waals surface area (Å²) in [6, 6.07) is -0.579. The van der Waals surface area contributed by atoms with Gasteiger partial charge in [-0.25, -0.2) is 0 Å². The van der Waals surface area contributed by atoms with Crippen molar-refractivity contribution in [3.05, 3.63) is 0 Å². The topological polar surface area (TPSA) is 101 Å². The molecule has 0 bridgehead atoms.